The number of cyclic esters (lactones) is 1. The first kappa shape index (κ1) is 21.2. The molecule has 0 bridgehead atoms. The van der Waals surface area contributed by atoms with E-state index in [4.69, 9.17) is 9.47 Å². The van der Waals surface area contributed by atoms with Crippen molar-refractivity contribution in [3.8, 4) is 0 Å². The van der Waals surface area contributed by atoms with E-state index in [1.165, 1.54) is 7.11 Å². The van der Waals surface area contributed by atoms with Crippen molar-refractivity contribution in [2.75, 3.05) is 13.7 Å². The molecule has 1 saturated carbocycles. The van der Waals surface area contributed by atoms with Crippen LogP contribution in [0.4, 0.5) is 4.79 Å². The Morgan fingerprint density at radius 1 is 1.21 bits per heavy atom. The van der Waals surface area contributed by atoms with Crippen LogP contribution in [0.25, 0.3) is 0 Å². The minimum atomic E-state index is -0.619. The van der Waals surface area contributed by atoms with Crippen LogP contribution in [0.1, 0.15) is 58.4 Å². The van der Waals surface area contributed by atoms with Crippen molar-refractivity contribution in [2.45, 2.75) is 64.0 Å². The Balaban J connectivity index is 1.80. The first-order valence-corrected chi connectivity index (χ1v) is 10.9. The summed E-state index contributed by atoms with van der Waals surface area (Å²) in [5, 5.41) is 0. The zero-order valence-electron chi connectivity index (χ0n) is 17.2. The molecule has 1 aliphatic heterocycles. The molecule has 0 radical (unpaired) electrons. The number of nitrogens with zero attached hydrogens (tertiary/aromatic N) is 1. The zero-order valence-corrected chi connectivity index (χ0v) is 18.8. The molecule has 1 aromatic rings. The number of carbonyl (C=O) groups is 2. The quantitative estimate of drug-likeness (QED) is 0.530. The van der Waals surface area contributed by atoms with Gasteiger partial charge < -0.3 is 9.47 Å². The van der Waals surface area contributed by atoms with E-state index in [0.717, 1.165) is 29.3 Å². The van der Waals surface area contributed by atoms with Crippen molar-refractivity contribution in [3.05, 3.63) is 34.3 Å². The molecular formula is C22H30BrNO4. The molecule has 2 atom stereocenters. The largest absolute Gasteiger partial charge is 0.469 e. The molecule has 2 fully saturated rings. The maximum absolute atomic E-state index is 13.2. The van der Waals surface area contributed by atoms with Gasteiger partial charge in [-0.25, -0.2) is 4.79 Å². The number of ether oxygens (including phenoxy) is 2. The molecule has 0 spiro atoms. The van der Waals surface area contributed by atoms with Crippen molar-refractivity contribution >= 4 is 28.0 Å². The smallest absolute Gasteiger partial charge is 0.411 e. The van der Waals surface area contributed by atoms with Gasteiger partial charge in [0.15, 0.2) is 0 Å². The molecule has 2 aliphatic rings. The van der Waals surface area contributed by atoms with Gasteiger partial charge in [0.05, 0.1) is 12.6 Å². The summed E-state index contributed by atoms with van der Waals surface area (Å²) in [7, 11) is 1.39. The van der Waals surface area contributed by atoms with Crippen molar-refractivity contribution in [1.29, 1.82) is 0 Å². The Labute approximate surface area is 175 Å². The molecule has 6 heteroatoms. The van der Waals surface area contributed by atoms with Crippen molar-refractivity contribution in [2.24, 2.45) is 11.8 Å². The number of benzene rings is 1. The van der Waals surface area contributed by atoms with Gasteiger partial charge in [0, 0.05) is 23.9 Å². The van der Waals surface area contributed by atoms with Crippen LogP contribution in [0.3, 0.4) is 0 Å². The van der Waals surface area contributed by atoms with Crippen LogP contribution in [0, 0.1) is 11.8 Å². The summed E-state index contributed by atoms with van der Waals surface area (Å²) in [5.41, 5.74) is 0.297. The second-order valence-electron chi connectivity index (χ2n) is 8.48. The van der Waals surface area contributed by atoms with Gasteiger partial charge in [-0.1, -0.05) is 48.8 Å². The number of amides is 1. The lowest BCUT2D eigenvalue weighted by Crippen LogP contribution is -2.56. The lowest BCUT2D eigenvalue weighted by atomic mass is 9.75. The summed E-state index contributed by atoms with van der Waals surface area (Å²) in [5.74, 6) is 0.242. The number of carbonyl (C=O) groups excluding carboxylic acids is 2. The SMILES string of the molecule is COC(=O)CCC1(C(C)C(C)C)CCN(C2(c3ccc(Br)cc3)CC2)C(=O)O1. The number of hydrogen-bond donors (Lipinski definition) is 0. The molecular weight excluding hydrogens is 422 g/mol. The average molecular weight is 452 g/mol. The van der Waals surface area contributed by atoms with Crippen LogP contribution in [-0.4, -0.2) is 36.2 Å². The lowest BCUT2D eigenvalue weighted by Gasteiger charge is -2.48. The first-order valence-electron chi connectivity index (χ1n) is 10.1. The Morgan fingerprint density at radius 3 is 2.36 bits per heavy atom. The van der Waals surface area contributed by atoms with Gasteiger partial charge in [0.25, 0.3) is 0 Å². The van der Waals surface area contributed by atoms with E-state index in [9.17, 15) is 9.59 Å². The van der Waals surface area contributed by atoms with E-state index >= 15 is 0 Å². The number of hydrogen-bond acceptors (Lipinski definition) is 4. The maximum Gasteiger partial charge on any atom is 0.411 e. The third-order valence-corrected chi connectivity index (χ3v) is 7.23. The normalized spacial score (nSPS) is 24.6. The van der Waals surface area contributed by atoms with Gasteiger partial charge in [0.2, 0.25) is 0 Å². The molecule has 0 N–H and O–H groups in total. The summed E-state index contributed by atoms with van der Waals surface area (Å²) in [6.07, 6.45) is 3.15. The molecule has 1 aromatic carbocycles. The second-order valence-corrected chi connectivity index (χ2v) is 9.40. The summed E-state index contributed by atoms with van der Waals surface area (Å²) in [4.78, 5) is 26.8. The van der Waals surface area contributed by atoms with E-state index in [0.29, 0.717) is 18.9 Å². The molecule has 154 valence electrons. The van der Waals surface area contributed by atoms with Crippen molar-refractivity contribution in [3.63, 3.8) is 0 Å². The summed E-state index contributed by atoms with van der Waals surface area (Å²) in [6, 6.07) is 8.21. The molecule has 3 rings (SSSR count). The highest BCUT2D eigenvalue weighted by atomic mass is 79.9. The Bertz CT molecular complexity index is 729. The fraction of sp³-hybridized carbons (Fsp3) is 0.636. The molecule has 5 nitrogen and oxygen atoms in total. The molecule has 28 heavy (non-hydrogen) atoms. The van der Waals surface area contributed by atoms with Gasteiger partial charge in [-0.3, -0.25) is 9.69 Å². The Morgan fingerprint density at radius 2 is 1.86 bits per heavy atom. The highest BCUT2D eigenvalue weighted by molar-refractivity contribution is 9.10. The minimum Gasteiger partial charge on any atom is -0.469 e. The number of methoxy groups -OCH3 is 1. The van der Waals surface area contributed by atoms with E-state index in [2.05, 4.69) is 48.8 Å². The van der Waals surface area contributed by atoms with Gasteiger partial charge in [-0.05, 0) is 48.8 Å². The lowest BCUT2D eigenvalue weighted by molar-refractivity contribution is -0.145. The highest BCUT2D eigenvalue weighted by Crippen LogP contribution is 2.53. The van der Waals surface area contributed by atoms with Crippen molar-refractivity contribution in [1.82, 2.24) is 4.90 Å². The van der Waals surface area contributed by atoms with Crippen LogP contribution >= 0.6 is 15.9 Å². The molecule has 1 heterocycles. The number of rotatable bonds is 7. The van der Waals surface area contributed by atoms with Crippen LogP contribution in [0.15, 0.2) is 28.7 Å². The molecule has 1 amide bonds. The minimum absolute atomic E-state index is 0.158. The third kappa shape index (κ3) is 3.93. The average Bonchev–Trinajstić information content (AvgIpc) is 3.47. The molecule has 1 saturated heterocycles. The van der Waals surface area contributed by atoms with Crippen molar-refractivity contribution < 1.29 is 19.1 Å². The van der Waals surface area contributed by atoms with Gasteiger partial charge >= 0.3 is 12.1 Å². The van der Waals surface area contributed by atoms with Gasteiger partial charge in [-0.15, -0.1) is 0 Å². The Kier molecular flexibility index (Phi) is 6.08. The monoisotopic (exact) mass is 451 g/mol. The second kappa shape index (κ2) is 8.05. The fourth-order valence-electron chi connectivity index (χ4n) is 4.40. The number of esters is 1. The Hall–Kier alpha value is -1.56. The van der Waals surface area contributed by atoms with Gasteiger partial charge in [0.1, 0.15) is 5.60 Å². The molecule has 2 unspecified atom stereocenters. The number of halogens is 1. The van der Waals surface area contributed by atoms with Crippen LogP contribution in [0.5, 0.6) is 0 Å². The van der Waals surface area contributed by atoms with Crippen LogP contribution in [-0.2, 0) is 19.8 Å². The van der Waals surface area contributed by atoms with E-state index in [-0.39, 0.29) is 29.9 Å². The predicted molar refractivity (Wildman–Crippen MR) is 111 cm³/mol. The zero-order chi connectivity index (χ0) is 20.5. The topological polar surface area (TPSA) is 55.8 Å². The summed E-state index contributed by atoms with van der Waals surface area (Å²) >= 11 is 3.48. The fourth-order valence-corrected chi connectivity index (χ4v) is 4.67. The predicted octanol–water partition coefficient (Wildman–Crippen LogP) is 5.26. The van der Waals surface area contributed by atoms with Crippen LogP contribution < -0.4 is 0 Å². The third-order valence-electron chi connectivity index (χ3n) is 6.70. The van der Waals surface area contributed by atoms with E-state index < -0.39 is 5.60 Å². The summed E-state index contributed by atoms with van der Waals surface area (Å²) < 4.78 is 12.0. The van der Waals surface area contributed by atoms with E-state index in [1.54, 1.807) is 0 Å². The standard InChI is InChI=1S/C22H30BrNO4/c1-15(2)16(3)22(10-9-19(25)27-4)13-14-24(20(26)28-22)21(11-12-21)17-5-7-18(23)8-6-17/h5-8,15-16H,9-14H2,1-4H3. The maximum atomic E-state index is 13.2. The highest BCUT2D eigenvalue weighted by Gasteiger charge is 2.56. The van der Waals surface area contributed by atoms with Crippen LogP contribution in [0.2, 0.25) is 0 Å². The van der Waals surface area contributed by atoms with E-state index in [1.807, 2.05) is 17.0 Å². The first-order chi connectivity index (χ1) is 13.2. The summed E-state index contributed by atoms with van der Waals surface area (Å²) in [6.45, 7) is 7.03. The molecule has 0 aromatic heterocycles. The van der Waals surface area contributed by atoms with Gasteiger partial charge in [-0.2, -0.15) is 0 Å². The molecule has 1 aliphatic carbocycles.